The maximum absolute atomic E-state index is 12.0. The molecule has 0 amide bonds. The molecule has 0 saturated carbocycles. The van der Waals surface area contributed by atoms with Crippen LogP contribution >= 0.6 is 0 Å². The van der Waals surface area contributed by atoms with Gasteiger partial charge in [-0.15, -0.1) is 0 Å². The average molecular weight is 273 g/mol. The number of ether oxygens (including phenoxy) is 1. The number of benzene rings is 1. The van der Waals surface area contributed by atoms with Crippen molar-refractivity contribution in [3.8, 4) is 0 Å². The molecule has 1 aromatic carbocycles. The van der Waals surface area contributed by atoms with Crippen molar-refractivity contribution in [2.24, 2.45) is 0 Å². The van der Waals surface area contributed by atoms with Crippen molar-refractivity contribution in [2.45, 2.75) is 26.2 Å². The summed E-state index contributed by atoms with van der Waals surface area (Å²) in [5, 5.41) is 0. The molecule has 108 valence electrons. The molecular formula is C17H23NO2. The lowest BCUT2D eigenvalue weighted by Gasteiger charge is -2.27. The summed E-state index contributed by atoms with van der Waals surface area (Å²) in [5.74, 6) is -0.261. The molecule has 2 rings (SSSR count). The van der Waals surface area contributed by atoms with E-state index in [4.69, 9.17) is 4.74 Å². The van der Waals surface area contributed by atoms with Gasteiger partial charge in [0, 0.05) is 6.54 Å². The molecule has 0 radical (unpaired) electrons. The van der Waals surface area contributed by atoms with Gasteiger partial charge >= 0.3 is 5.97 Å². The van der Waals surface area contributed by atoms with Crippen LogP contribution in [-0.2, 0) is 4.74 Å². The van der Waals surface area contributed by atoms with Crippen LogP contribution in [0.1, 0.15) is 42.1 Å². The van der Waals surface area contributed by atoms with E-state index in [-0.39, 0.29) is 5.97 Å². The molecule has 1 saturated heterocycles. The maximum atomic E-state index is 12.0. The highest BCUT2D eigenvalue weighted by molar-refractivity contribution is 5.95. The Labute approximate surface area is 121 Å². The van der Waals surface area contributed by atoms with Crippen LogP contribution in [0.2, 0.25) is 0 Å². The minimum atomic E-state index is -0.261. The van der Waals surface area contributed by atoms with Crippen LogP contribution in [0.25, 0.3) is 5.57 Å². The molecule has 0 N–H and O–H groups in total. The summed E-state index contributed by atoms with van der Waals surface area (Å²) < 4.78 is 5.12. The summed E-state index contributed by atoms with van der Waals surface area (Å²) in [7, 11) is 0. The van der Waals surface area contributed by atoms with Gasteiger partial charge in [0.15, 0.2) is 0 Å². The largest absolute Gasteiger partial charge is 0.462 e. The summed E-state index contributed by atoms with van der Waals surface area (Å²) in [6.45, 7) is 9.47. The van der Waals surface area contributed by atoms with Gasteiger partial charge in [0.2, 0.25) is 0 Å². The molecule has 0 unspecified atom stereocenters. The van der Waals surface area contributed by atoms with Crippen molar-refractivity contribution in [1.82, 2.24) is 4.90 Å². The molecule has 0 spiro atoms. The minimum Gasteiger partial charge on any atom is -0.462 e. The third-order valence-corrected chi connectivity index (χ3v) is 3.67. The second-order valence-corrected chi connectivity index (χ2v) is 5.21. The van der Waals surface area contributed by atoms with Crippen LogP contribution in [0, 0.1) is 0 Å². The number of hydrogen-bond donors (Lipinski definition) is 0. The highest BCUT2D eigenvalue weighted by Gasteiger charge is 2.17. The van der Waals surface area contributed by atoms with Crippen LogP contribution in [0.3, 0.4) is 0 Å². The van der Waals surface area contributed by atoms with Gasteiger partial charge in [0.25, 0.3) is 0 Å². The molecule has 3 heteroatoms. The van der Waals surface area contributed by atoms with E-state index in [2.05, 4.69) is 11.5 Å². The average Bonchev–Trinajstić information content (AvgIpc) is 2.48. The first kappa shape index (κ1) is 14.8. The number of likely N-dealkylation sites (tertiary alicyclic amines) is 1. The molecule has 0 aliphatic carbocycles. The standard InChI is InChI=1S/C17H23NO2/c1-3-20-17(19)16-10-6-5-9-15(16)14(2)13-18-11-7-4-8-12-18/h5-6,9-10H,2-4,7-8,11-13H2,1H3. The lowest BCUT2D eigenvalue weighted by atomic mass is 9.99. The number of rotatable bonds is 5. The molecule has 1 aliphatic heterocycles. The van der Waals surface area contributed by atoms with Crippen LogP contribution in [-0.4, -0.2) is 37.1 Å². The van der Waals surface area contributed by atoms with Gasteiger partial charge in [-0.2, -0.15) is 0 Å². The fourth-order valence-corrected chi connectivity index (χ4v) is 2.65. The quantitative estimate of drug-likeness (QED) is 0.770. The summed E-state index contributed by atoms with van der Waals surface area (Å²) in [6.07, 6.45) is 3.84. The predicted octanol–water partition coefficient (Wildman–Crippen LogP) is 3.36. The van der Waals surface area contributed by atoms with Crippen molar-refractivity contribution in [3.05, 3.63) is 42.0 Å². The molecule has 1 aromatic rings. The molecule has 20 heavy (non-hydrogen) atoms. The lowest BCUT2D eigenvalue weighted by molar-refractivity contribution is 0.0526. The fourth-order valence-electron chi connectivity index (χ4n) is 2.65. The smallest absolute Gasteiger partial charge is 0.338 e. The Morgan fingerprint density at radius 2 is 1.85 bits per heavy atom. The topological polar surface area (TPSA) is 29.5 Å². The Morgan fingerprint density at radius 1 is 1.20 bits per heavy atom. The van der Waals surface area contributed by atoms with Gasteiger partial charge in [0.05, 0.1) is 12.2 Å². The predicted molar refractivity (Wildman–Crippen MR) is 81.7 cm³/mol. The molecule has 1 heterocycles. The Hall–Kier alpha value is -1.61. The van der Waals surface area contributed by atoms with Crippen molar-refractivity contribution in [2.75, 3.05) is 26.2 Å². The molecular weight excluding hydrogens is 250 g/mol. The van der Waals surface area contributed by atoms with Crippen molar-refractivity contribution in [1.29, 1.82) is 0 Å². The van der Waals surface area contributed by atoms with Crippen LogP contribution < -0.4 is 0 Å². The molecule has 0 atom stereocenters. The van der Waals surface area contributed by atoms with E-state index < -0.39 is 0 Å². The lowest BCUT2D eigenvalue weighted by Crippen LogP contribution is -2.31. The van der Waals surface area contributed by atoms with E-state index in [1.165, 1.54) is 19.3 Å². The zero-order chi connectivity index (χ0) is 14.4. The van der Waals surface area contributed by atoms with Crippen molar-refractivity contribution < 1.29 is 9.53 Å². The highest BCUT2D eigenvalue weighted by atomic mass is 16.5. The van der Waals surface area contributed by atoms with Gasteiger partial charge in [-0.1, -0.05) is 31.2 Å². The number of carbonyl (C=O) groups is 1. The van der Waals surface area contributed by atoms with E-state index in [0.717, 1.165) is 30.8 Å². The number of nitrogens with zero attached hydrogens (tertiary/aromatic N) is 1. The zero-order valence-electron chi connectivity index (χ0n) is 12.2. The van der Waals surface area contributed by atoms with Crippen LogP contribution in [0.15, 0.2) is 30.8 Å². The SMILES string of the molecule is C=C(CN1CCCCC1)c1ccccc1C(=O)OCC. The maximum Gasteiger partial charge on any atom is 0.338 e. The summed E-state index contributed by atoms with van der Waals surface area (Å²) in [6, 6.07) is 7.58. The summed E-state index contributed by atoms with van der Waals surface area (Å²) >= 11 is 0. The number of carbonyl (C=O) groups excluding carboxylic acids is 1. The van der Waals surface area contributed by atoms with Gasteiger partial charge in [-0.25, -0.2) is 4.79 Å². The number of piperidine rings is 1. The van der Waals surface area contributed by atoms with Crippen LogP contribution in [0.5, 0.6) is 0 Å². The van der Waals surface area contributed by atoms with E-state index in [1.54, 1.807) is 0 Å². The Morgan fingerprint density at radius 3 is 2.50 bits per heavy atom. The number of hydrogen-bond acceptors (Lipinski definition) is 3. The van der Waals surface area contributed by atoms with E-state index in [1.807, 2.05) is 31.2 Å². The first-order valence-corrected chi connectivity index (χ1v) is 7.39. The minimum absolute atomic E-state index is 0.261. The van der Waals surface area contributed by atoms with Crippen molar-refractivity contribution >= 4 is 11.5 Å². The molecule has 3 nitrogen and oxygen atoms in total. The Kier molecular flexibility index (Phi) is 5.36. The second-order valence-electron chi connectivity index (χ2n) is 5.21. The zero-order valence-corrected chi connectivity index (χ0v) is 12.2. The van der Waals surface area contributed by atoms with E-state index in [9.17, 15) is 4.79 Å². The van der Waals surface area contributed by atoms with Gasteiger partial charge in [-0.3, -0.25) is 4.90 Å². The van der Waals surface area contributed by atoms with Crippen LogP contribution in [0.4, 0.5) is 0 Å². The third kappa shape index (κ3) is 3.70. The summed E-state index contributed by atoms with van der Waals surface area (Å²) in [4.78, 5) is 14.4. The number of esters is 1. The first-order valence-electron chi connectivity index (χ1n) is 7.39. The van der Waals surface area contributed by atoms with Gasteiger partial charge in [0.1, 0.15) is 0 Å². The second kappa shape index (κ2) is 7.25. The Balaban J connectivity index is 2.10. The molecule has 1 fully saturated rings. The Bertz CT molecular complexity index is 476. The molecule has 1 aliphatic rings. The monoisotopic (exact) mass is 273 g/mol. The van der Waals surface area contributed by atoms with Crippen molar-refractivity contribution in [3.63, 3.8) is 0 Å². The first-order chi connectivity index (χ1) is 9.72. The molecule has 0 bridgehead atoms. The van der Waals surface area contributed by atoms with Gasteiger partial charge < -0.3 is 4.74 Å². The van der Waals surface area contributed by atoms with E-state index >= 15 is 0 Å². The highest BCUT2D eigenvalue weighted by Crippen LogP contribution is 2.21. The normalized spacial score (nSPS) is 15.8. The fraction of sp³-hybridized carbons (Fsp3) is 0.471. The third-order valence-electron chi connectivity index (χ3n) is 3.67. The molecule has 0 aromatic heterocycles. The van der Waals surface area contributed by atoms with E-state index in [0.29, 0.717) is 12.2 Å². The summed E-state index contributed by atoms with van der Waals surface area (Å²) in [5.41, 5.74) is 2.53. The van der Waals surface area contributed by atoms with Gasteiger partial charge in [-0.05, 0) is 50.1 Å².